The molecule has 0 radical (unpaired) electrons. The molecule has 5 nitrogen and oxygen atoms in total. The number of nitrogens with one attached hydrogen (secondary N) is 1. The number of hydrogen-bond donors (Lipinski definition) is 1. The number of benzene rings is 2. The van der Waals surface area contributed by atoms with Crippen molar-refractivity contribution >= 4 is 17.4 Å². The Labute approximate surface area is 141 Å². The first kappa shape index (κ1) is 17.5. The van der Waals surface area contributed by atoms with E-state index in [1.54, 1.807) is 55.5 Å². The van der Waals surface area contributed by atoms with Crippen LogP contribution in [-0.4, -0.2) is 24.4 Å². The third-order valence-electron chi connectivity index (χ3n) is 3.35. The van der Waals surface area contributed by atoms with Crippen molar-refractivity contribution in [3.63, 3.8) is 0 Å². The molecule has 1 atom stereocenters. The van der Waals surface area contributed by atoms with Crippen LogP contribution in [0.5, 0.6) is 11.5 Å². The molecule has 0 aliphatic heterocycles. The molecular formula is C19H21NO4. The van der Waals surface area contributed by atoms with Gasteiger partial charge in [-0.3, -0.25) is 9.59 Å². The van der Waals surface area contributed by atoms with E-state index in [1.165, 1.54) is 6.92 Å². The molecule has 0 fully saturated rings. The summed E-state index contributed by atoms with van der Waals surface area (Å²) in [6.45, 7) is 5.66. The molecule has 1 amide bonds. The van der Waals surface area contributed by atoms with Gasteiger partial charge < -0.3 is 14.8 Å². The van der Waals surface area contributed by atoms with Gasteiger partial charge >= 0.3 is 0 Å². The van der Waals surface area contributed by atoms with Gasteiger partial charge in [-0.05, 0) is 57.2 Å². The highest BCUT2D eigenvalue weighted by Crippen LogP contribution is 2.19. The number of amides is 1. The Bertz CT molecular complexity index is 710. The highest BCUT2D eigenvalue weighted by Gasteiger charge is 2.15. The predicted octanol–water partition coefficient (Wildman–Crippen LogP) is 3.69. The Morgan fingerprint density at radius 2 is 1.75 bits per heavy atom. The van der Waals surface area contributed by atoms with E-state index in [0.717, 1.165) is 5.75 Å². The van der Waals surface area contributed by atoms with Crippen molar-refractivity contribution in [2.45, 2.75) is 26.9 Å². The van der Waals surface area contributed by atoms with Gasteiger partial charge in [0.2, 0.25) is 0 Å². The molecule has 2 aromatic carbocycles. The maximum absolute atomic E-state index is 12.2. The van der Waals surface area contributed by atoms with E-state index in [4.69, 9.17) is 9.47 Å². The second-order valence-electron chi connectivity index (χ2n) is 5.29. The largest absolute Gasteiger partial charge is 0.494 e. The van der Waals surface area contributed by atoms with Crippen molar-refractivity contribution in [3.8, 4) is 11.5 Å². The highest BCUT2D eigenvalue weighted by molar-refractivity contribution is 5.98. The second kappa shape index (κ2) is 8.15. The first-order valence-electron chi connectivity index (χ1n) is 7.81. The molecule has 0 aromatic heterocycles. The third-order valence-corrected chi connectivity index (χ3v) is 3.35. The molecule has 126 valence electrons. The first-order chi connectivity index (χ1) is 11.5. The Kier molecular flexibility index (Phi) is 5.95. The zero-order chi connectivity index (χ0) is 17.5. The average Bonchev–Trinajstić information content (AvgIpc) is 2.57. The molecule has 0 heterocycles. The molecule has 5 heteroatoms. The van der Waals surface area contributed by atoms with E-state index in [0.29, 0.717) is 23.6 Å². The summed E-state index contributed by atoms with van der Waals surface area (Å²) in [5, 5.41) is 2.75. The number of ether oxygens (including phenoxy) is 2. The summed E-state index contributed by atoms with van der Waals surface area (Å²) in [6.07, 6.45) is -0.677. The Morgan fingerprint density at radius 1 is 1.08 bits per heavy atom. The van der Waals surface area contributed by atoms with Gasteiger partial charge in [0.15, 0.2) is 11.9 Å². The van der Waals surface area contributed by atoms with Crippen molar-refractivity contribution in [2.24, 2.45) is 0 Å². The molecule has 0 saturated carbocycles. The lowest BCUT2D eigenvalue weighted by molar-refractivity contribution is -0.122. The summed E-state index contributed by atoms with van der Waals surface area (Å²) in [6, 6.07) is 13.9. The van der Waals surface area contributed by atoms with Crippen LogP contribution in [0, 0.1) is 0 Å². The monoisotopic (exact) mass is 327 g/mol. The van der Waals surface area contributed by atoms with Crippen LogP contribution in [-0.2, 0) is 4.79 Å². The van der Waals surface area contributed by atoms with Crippen LogP contribution in [0.15, 0.2) is 48.5 Å². The molecule has 0 aliphatic rings. The molecular weight excluding hydrogens is 306 g/mol. The van der Waals surface area contributed by atoms with Crippen molar-refractivity contribution in [1.29, 1.82) is 0 Å². The summed E-state index contributed by atoms with van der Waals surface area (Å²) < 4.78 is 11.0. The second-order valence-corrected chi connectivity index (χ2v) is 5.29. The van der Waals surface area contributed by atoms with Crippen LogP contribution in [0.4, 0.5) is 5.69 Å². The Morgan fingerprint density at radius 3 is 2.38 bits per heavy atom. The van der Waals surface area contributed by atoms with Crippen molar-refractivity contribution in [1.82, 2.24) is 0 Å². The maximum atomic E-state index is 12.2. The molecule has 2 rings (SSSR count). The number of carbonyl (C=O) groups excluding carboxylic acids is 2. The summed E-state index contributed by atoms with van der Waals surface area (Å²) in [4.78, 5) is 23.6. The van der Waals surface area contributed by atoms with Gasteiger partial charge in [-0.15, -0.1) is 0 Å². The van der Waals surface area contributed by atoms with Crippen molar-refractivity contribution < 1.29 is 19.1 Å². The van der Waals surface area contributed by atoms with E-state index >= 15 is 0 Å². The molecule has 0 saturated heterocycles. The SMILES string of the molecule is CCOc1ccc(OC(C)C(=O)Nc2cccc(C(C)=O)c2)cc1. The van der Waals surface area contributed by atoms with Gasteiger partial charge in [-0.2, -0.15) is 0 Å². The summed E-state index contributed by atoms with van der Waals surface area (Å²) in [5.41, 5.74) is 1.11. The lowest BCUT2D eigenvalue weighted by atomic mass is 10.1. The maximum Gasteiger partial charge on any atom is 0.265 e. The van der Waals surface area contributed by atoms with Crippen LogP contribution in [0.1, 0.15) is 31.1 Å². The van der Waals surface area contributed by atoms with Gasteiger partial charge in [0, 0.05) is 11.3 Å². The van der Waals surface area contributed by atoms with E-state index in [9.17, 15) is 9.59 Å². The molecule has 0 spiro atoms. The molecule has 1 unspecified atom stereocenters. The van der Waals surface area contributed by atoms with Crippen molar-refractivity contribution in [3.05, 3.63) is 54.1 Å². The minimum absolute atomic E-state index is 0.0511. The van der Waals surface area contributed by atoms with Crippen LogP contribution in [0.3, 0.4) is 0 Å². The van der Waals surface area contributed by atoms with Crippen molar-refractivity contribution in [2.75, 3.05) is 11.9 Å². The van der Waals surface area contributed by atoms with Gasteiger partial charge in [-0.1, -0.05) is 12.1 Å². The third kappa shape index (κ3) is 4.84. The number of carbonyl (C=O) groups is 2. The number of anilines is 1. The topological polar surface area (TPSA) is 64.6 Å². The minimum atomic E-state index is -0.677. The summed E-state index contributed by atoms with van der Waals surface area (Å²) >= 11 is 0. The number of Topliss-reactive ketones (excluding diaryl/α,β-unsaturated/α-hetero) is 1. The van der Waals surface area contributed by atoms with Gasteiger partial charge in [0.1, 0.15) is 11.5 Å². The van der Waals surface area contributed by atoms with E-state index < -0.39 is 6.10 Å². The van der Waals surface area contributed by atoms with E-state index in [1.807, 2.05) is 6.92 Å². The average molecular weight is 327 g/mol. The smallest absolute Gasteiger partial charge is 0.265 e. The lowest BCUT2D eigenvalue weighted by Gasteiger charge is -2.15. The minimum Gasteiger partial charge on any atom is -0.494 e. The fourth-order valence-electron chi connectivity index (χ4n) is 2.10. The van der Waals surface area contributed by atoms with Crippen LogP contribution >= 0.6 is 0 Å². The molecule has 2 aromatic rings. The van der Waals surface area contributed by atoms with E-state index in [-0.39, 0.29) is 11.7 Å². The van der Waals surface area contributed by atoms with Crippen LogP contribution in [0.25, 0.3) is 0 Å². The Balaban J connectivity index is 1.96. The molecule has 0 bridgehead atoms. The lowest BCUT2D eigenvalue weighted by Crippen LogP contribution is -2.30. The number of hydrogen-bond acceptors (Lipinski definition) is 4. The standard InChI is InChI=1S/C19H21NO4/c1-4-23-17-8-10-18(11-9-17)24-14(3)19(22)20-16-7-5-6-15(12-16)13(2)21/h5-12,14H,4H2,1-3H3,(H,20,22). The quantitative estimate of drug-likeness (QED) is 0.788. The number of rotatable bonds is 7. The highest BCUT2D eigenvalue weighted by atomic mass is 16.5. The molecule has 24 heavy (non-hydrogen) atoms. The van der Waals surface area contributed by atoms with E-state index in [2.05, 4.69) is 5.32 Å². The van der Waals surface area contributed by atoms with Gasteiger partial charge in [-0.25, -0.2) is 0 Å². The van der Waals surface area contributed by atoms with Gasteiger partial charge in [0.25, 0.3) is 5.91 Å². The molecule has 0 aliphatic carbocycles. The fraction of sp³-hybridized carbons (Fsp3) is 0.263. The normalized spacial score (nSPS) is 11.5. The molecule has 1 N–H and O–H groups in total. The first-order valence-corrected chi connectivity index (χ1v) is 7.81. The summed E-state index contributed by atoms with van der Waals surface area (Å²) in [7, 11) is 0. The predicted molar refractivity (Wildman–Crippen MR) is 92.8 cm³/mol. The Hall–Kier alpha value is -2.82. The zero-order valence-electron chi connectivity index (χ0n) is 14.0. The summed E-state index contributed by atoms with van der Waals surface area (Å²) in [5.74, 6) is 0.996. The zero-order valence-corrected chi connectivity index (χ0v) is 14.0. The number of ketones is 1. The van der Waals surface area contributed by atoms with Gasteiger partial charge in [0.05, 0.1) is 6.61 Å². The van der Waals surface area contributed by atoms with Crippen LogP contribution < -0.4 is 14.8 Å². The van der Waals surface area contributed by atoms with Crippen LogP contribution in [0.2, 0.25) is 0 Å². The fourth-order valence-corrected chi connectivity index (χ4v) is 2.10.